The molecule has 1 aliphatic heterocycles. The molecular weight excluding hydrogens is 297 g/mol. The SMILES string of the molecule is O=S1C(SC(Cl)(Cl)Cl)=Nc2ccccc21. The van der Waals surface area contributed by atoms with Crippen molar-refractivity contribution in [3.8, 4) is 0 Å². The first-order valence-corrected chi connectivity index (χ1v) is 6.92. The van der Waals surface area contributed by atoms with Crippen molar-refractivity contribution < 1.29 is 4.21 Å². The van der Waals surface area contributed by atoms with Gasteiger partial charge in [0, 0.05) is 0 Å². The second-order valence-corrected chi connectivity index (χ2v) is 8.44. The van der Waals surface area contributed by atoms with E-state index in [2.05, 4.69) is 4.99 Å². The van der Waals surface area contributed by atoms with Gasteiger partial charge in [-0.15, -0.1) is 0 Å². The van der Waals surface area contributed by atoms with Crippen LogP contribution in [0.3, 0.4) is 0 Å². The first kappa shape index (κ1) is 11.7. The molecule has 7 heteroatoms. The fraction of sp³-hybridized carbons (Fsp3) is 0.125. The molecule has 1 atom stereocenters. The number of para-hydroxylation sites is 1. The van der Waals surface area contributed by atoms with E-state index >= 15 is 0 Å². The standard InChI is InChI=1S/C8H4Cl3NOS2/c9-8(10,11)14-7-12-5-3-1-2-4-6(5)15(7)13/h1-4H. The van der Waals surface area contributed by atoms with Crippen molar-refractivity contribution in [1.29, 1.82) is 0 Å². The van der Waals surface area contributed by atoms with E-state index in [4.69, 9.17) is 34.8 Å². The largest absolute Gasteiger partial charge is 0.247 e. The van der Waals surface area contributed by atoms with Gasteiger partial charge in [0.25, 0.3) is 0 Å². The topological polar surface area (TPSA) is 29.4 Å². The van der Waals surface area contributed by atoms with Crippen molar-refractivity contribution in [3.63, 3.8) is 0 Å². The Kier molecular flexibility index (Phi) is 3.33. The Bertz CT molecular complexity index is 455. The van der Waals surface area contributed by atoms with E-state index in [0.29, 0.717) is 15.0 Å². The Hall–Kier alpha value is 0.260. The summed E-state index contributed by atoms with van der Waals surface area (Å²) in [6.07, 6.45) is 0. The number of hydrogen-bond donors (Lipinski definition) is 0. The zero-order valence-electron chi connectivity index (χ0n) is 7.12. The summed E-state index contributed by atoms with van der Waals surface area (Å²) in [7, 11) is -1.32. The number of rotatable bonds is 0. The minimum Gasteiger partial charge on any atom is -0.247 e. The van der Waals surface area contributed by atoms with Gasteiger partial charge >= 0.3 is 0 Å². The molecule has 2 rings (SSSR count). The van der Waals surface area contributed by atoms with E-state index in [0.717, 1.165) is 11.8 Å². The maximum atomic E-state index is 11.9. The summed E-state index contributed by atoms with van der Waals surface area (Å²) in [4.78, 5) is 4.81. The maximum absolute atomic E-state index is 11.9. The van der Waals surface area contributed by atoms with Crippen LogP contribution in [0.5, 0.6) is 0 Å². The average molecular weight is 301 g/mol. The molecule has 0 bridgehead atoms. The summed E-state index contributed by atoms with van der Waals surface area (Å²) < 4.78 is 10.7. The number of hydrogen-bond acceptors (Lipinski definition) is 3. The lowest BCUT2D eigenvalue weighted by Crippen LogP contribution is -2.05. The summed E-state index contributed by atoms with van der Waals surface area (Å²) in [6, 6.07) is 7.15. The number of fused-ring (bicyclic) bond motifs is 1. The predicted molar refractivity (Wildman–Crippen MR) is 67.8 cm³/mol. The van der Waals surface area contributed by atoms with Crippen molar-refractivity contribution in [3.05, 3.63) is 24.3 Å². The minimum atomic E-state index is -1.53. The summed E-state index contributed by atoms with van der Waals surface area (Å²) in [5.74, 6) is 0. The minimum absolute atomic E-state index is 0.330. The van der Waals surface area contributed by atoms with E-state index in [1.165, 1.54) is 0 Å². The molecule has 0 fully saturated rings. The van der Waals surface area contributed by atoms with Gasteiger partial charge in [0.05, 0.1) is 10.6 Å². The van der Waals surface area contributed by atoms with Gasteiger partial charge in [0.2, 0.25) is 3.12 Å². The first-order valence-electron chi connectivity index (χ1n) is 3.82. The molecule has 1 heterocycles. The van der Waals surface area contributed by atoms with Gasteiger partial charge in [-0.05, 0) is 23.9 Å². The number of aliphatic imine (C=N–C) groups is 1. The van der Waals surface area contributed by atoms with Gasteiger partial charge in [0.15, 0.2) is 4.38 Å². The van der Waals surface area contributed by atoms with Gasteiger partial charge in [-0.1, -0.05) is 46.9 Å². The molecule has 1 unspecified atom stereocenters. The molecule has 0 aliphatic carbocycles. The molecule has 0 spiro atoms. The van der Waals surface area contributed by atoms with Crippen molar-refractivity contribution in [2.75, 3.05) is 0 Å². The number of thioether (sulfide) groups is 1. The van der Waals surface area contributed by atoms with Gasteiger partial charge in [-0.3, -0.25) is 0 Å². The Balaban J connectivity index is 2.31. The Morgan fingerprint density at radius 1 is 1.27 bits per heavy atom. The lowest BCUT2D eigenvalue weighted by Gasteiger charge is -2.07. The third-order valence-electron chi connectivity index (χ3n) is 1.64. The highest BCUT2D eigenvalue weighted by Crippen LogP contribution is 2.44. The Morgan fingerprint density at radius 2 is 1.93 bits per heavy atom. The molecule has 1 aromatic rings. The van der Waals surface area contributed by atoms with Crippen LogP contribution in [-0.4, -0.2) is 11.7 Å². The molecule has 0 N–H and O–H groups in total. The number of halogens is 3. The number of nitrogens with zero attached hydrogens (tertiary/aromatic N) is 1. The molecule has 15 heavy (non-hydrogen) atoms. The third kappa shape index (κ3) is 2.68. The van der Waals surface area contributed by atoms with Crippen LogP contribution in [0.2, 0.25) is 0 Å². The molecule has 2 nitrogen and oxygen atoms in total. The van der Waals surface area contributed by atoms with E-state index in [-0.39, 0.29) is 0 Å². The van der Waals surface area contributed by atoms with Crippen molar-refractivity contribution in [2.45, 2.75) is 8.02 Å². The number of benzene rings is 1. The molecule has 0 amide bonds. The molecule has 1 aromatic carbocycles. The third-order valence-corrected chi connectivity index (χ3v) is 4.69. The van der Waals surface area contributed by atoms with E-state index < -0.39 is 13.9 Å². The smallest absolute Gasteiger partial charge is 0.243 e. The molecule has 0 radical (unpaired) electrons. The molecular formula is C8H4Cl3NOS2. The quantitative estimate of drug-likeness (QED) is 0.538. The summed E-state index contributed by atoms with van der Waals surface area (Å²) >= 11 is 17.7. The Labute approximate surface area is 108 Å². The highest BCUT2D eigenvalue weighted by Gasteiger charge is 2.31. The maximum Gasteiger partial charge on any atom is 0.243 e. The molecule has 1 aliphatic rings. The van der Waals surface area contributed by atoms with Crippen LogP contribution >= 0.6 is 46.6 Å². The average Bonchev–Trinajstić information content (AvgIpc) is 2.42. The fourth-order valence-corrected chi connectivity index (χ4v) is 4.33. The molecule has 0 aromatic heterocycles. The van der Waals surface area contributed by atoms with Gasteiger partial charge in [-0.2, -0.15) is 0 Å². The van der Waals surface area contributed by atoms with Gasteiger partial charge < -0.3 is 0 Å². The van der Waals surface area contributed by atoms with Crippen LogP contribution in [0.1, 0.15) is 0 Å². The van der Waals surface area contributed by atoms with Crippen molar-refractivity contribution >= 4 is 67.4 Å². The van der Waals surface area contributed by atoms with E-state index in [1.807, 2.05) is 6.07 Å². The summed E-state index contributed by atoms with van der Waals surface area (Å²) in [6.45, 7) is 0. The van der Waals surface area contributed by atoms with Crippen LogP contribution in [0.15, 0.2) is 34.2 Å². The zero-order chi connectivity index (χ0) is 11.1. The predicted octanol–water partition coefficient (Wildman–Crippen LogP) is 3.86. The zero-order valence-corrected chi connectivity index (χ0v) is 11.0. The van der Waals surface area contributed by atoms with Crippen molar-refractivity contribution in [2.24, 2.45) is 4.99 Å². The van der Waals surface area contributed by atoms with Crippen molar-refractivity contribution in [1.82, 2.24) is 0 Å². The Morgan fingerprint density at radius 3 is 2.53 bits per heavy atom. The highest BCUT2D eigenvalue weighted by molar-refractivity contribution is 8.35. The summed E-state index contributed by atoms with van der Waals surface area (Å²) in [5, 5.41) is 0. The number of alkyl halides is 3. The van der Waals surface area contributed by atoms with Crippen LogP contribution in [0, 0.1) is 0 Å². The lowest BCUT2D eigenvalue weighted by atomic mass is 10.3. The second-order valence-electron chi connectivity index (χ2n) is 2.66. The molecule has 0 saturated carbocycles. The van der Waals surface area contributed by atoms with Crippen LogP contribution in [-0.2, 0) is 10.8 Å². The van der Waals surface area contributed by atoms with Crippen LogP contribution < -0.4 is 0 Å². The van der Waals surface area contributed by atoms with Crippen LogP contribution in [0.25, 0.3) is 0 Å². The van der Waals surface area contributed by atoms with Crippen LogP contribution in [0.4, 0.5) is 5.69 Å². The first-order chi connectivity index (χ1) is 6.97. The monoisotopic (exact) mass is 299 g/mol. The molecule has 0 saturated heterocycles. The van der Waals surface area contributed by atoms with Gasteiger partial charge in [0.1, 0.15) is 10.8 Å². The second kappa shape index (κ2) is 4.26. The van der Waals surface area contributed by atoms with Gasteiger partial charge in [-0.25, -0.2) is 9.20 Å². The fourth-order valence-electron chi connectivity index (χ4n) is 1.10. The van der Waals surface area contributed by atoms with E-state index in [1.54, 1.807) is 18.2 Å². The van der Waals surface area contributed by atoms with E-state index in [9.17, 15) is 4.21 Å². The lowest BCUT2D eigenvalue weighted by molar-refractivity contribution is 0.691. The highest BCUT2D eigenvalue weighted by atomic mass is 35.6. The normalized spacial score (nSPS) is 19.9. The summed E-state index contributed by atoms with van der Waals surface area (Å²) in [5.41, 5.74) is 0.674. The molecule has 80 valence electrons.